The van der Waals surface area contributed by atoms with Crippen LogP contribution >= 0.6 is 11.3 Å². The number of aliphatic carboxylic acids is 1. The number of hydrogen-bond donors (Lipinski definition) is 1. The molecule has 1 aliphatic carbocycles. The Morgan fingerprint density at radius 3 is 2.83 bits per heavy atom. The second kappa shape index (κ2) is 4.63. The van der Waals surface area contributed by atoms with Crippen LogP contribution in [0.2, 0.25) is 0 Å². The zero-order valence-electron chi connectivity index (χ0n) is 10.5. The summed E-state index contributed by atoms with van der Waals surface area (Å²) < 4.78 is 0. The van der Waals surface area contributed by atoms with E-state index in [2.05, 4.69) is 17.3 Å². The first-order valence-electron chi connectivity index (χ1n) is 6.52. The van der Waals surface area contributed by atoms with Crippen molar-refractivity contribution in [2.45, 2.75) is 31.1 Å². The predicted molar refractivity (Wildman–Crippen MR) is 70.1 cm³/mol. The van der Waals surface area contributed by atoms with Crippen molar-refractivity contribution >= 4 is 17.3 Å². The van der Waals surface area contributed by atoms with E-state index in [4.69, 9.17) is 10.1 Å². The average Bonchev–Trinajstić information content (AvgIpc) is 3.02. The molecule has 2 unspecified atom stereocenters. The van der Waals surface area contributed by atoms with E-state index >= 15 is 0 Å². The average molecular weight is 266 g/mol. The maximum atomic E-state index is 10.9. The molecule has 0 amide bonds. The number of rotatable bonds is 3. The number of nitrogens with zero attached hydrogens (tertiary/aromatic N) is 2. The number of likely N-dealkylation sites (tertiary alicyclic amines) is 1. The third kappa shape index (κ3) is 2.29. The molecule has 4 nitrogen and oxygen atoms in total. The van der Waals surface area contributed by atoms with Crippen molar-refractivity contribution < 1.29 is 9.90 Å². The fourth-order valence-corrected chi connectivity index (χ4v) is 3.76. The number of aromatic nitrogens is 1. The van der Waals surface area contributed by atoms with Gasteiger partial charge in [-0.25, -0.2) is 4.98 Å². The van der Waals surface area contributed by atoms with Gasteiger partial charge in [-0.1, -0.05) is 0 Å². The summed E-state index contributed by atoms with van der Waals surface area (Å²) in [7, 11) is 2.16. The molecular formula is C13H18N2O2S. The van der Waals surface area contributed by atoms with Gasteiger partial charge in [-0.2, -0.15) is 0 Å². The van der Waals surface area contributed by atoms with Gasteiger partial charge in [0, 0.05) is 17.2 Å². The Morgan fingerprint density at radius 1 is 1.50 bits per heavy atom. The van der Waals surface area contributed by atoms with Crippen LogP contribution in [0.1, 0.15) is 41.8 Å². The second-order valence-corrected chi connectivity index (χ2v) is 6.36. The van der Waals surface area contributed by atoms with E-state index in [-0.39, 0.29) is 11.8 Å². The SMILES string of the molecule is CN1CCC(c2nc(C3CC3C(=O)O)cs2)CC1. The Kier molecular flexibility index (Phi) is 3.11. The highest BCUT2D eigenvalue weighted by molar-refractivity contribution is 7.09. The van der Waals surface area contributed by atoms with Crippen LogP contribution in [0.15, 0.2) is 5.38 Å². The maximum Gasteiger partial charge on any atom is 0.307 e. The molecular weight excluding hydrogens is 248 g/mol. The van der Waals surface area contributed by atoms with Crippen molar-refractivity contribution in [2.75, 3.05) is 20.1 Å². The number of carboxylic acids is 1. The lowest BCUT2D eigenvalue weighted by molar-refractivity contribution is -0.138. The molecule has 1 N–H and O–H groups in total. The van der Waals surface area contributed by atoms with Crippen LogP contribution in [0.5, 0.6) is 0 Å². The summed E-state index contributed by atoms with van der Waals surface area (Å²) in [4.78, 5) is 17.9. The zero-order valence-corrected chi connectivity index (χ0v) is 11.3. The lowest BCUT2D eigenvalue weighted by Gasteiger charge is -2.27. The molecule has 5 heteroatoms. The molecule has 2 fully saturated rings. The predicted octanol–water partition coefficient (Wildman–Crippen LogP) is 2.14. The van der Waals surface area contributed by atoms with Gasteiger partial charge < -0.3 is 10.0 Å². The molecule has 0 bridgehead atoms. The van der Waals surface area contributed by atoms with Gasteiger partial charge in [-0.3, -0.25) is 4.79 Å². The second-order valence-electron chi connectivity index (χ2n) is 5.48. The van der Waals surface area contributed by atoms with Gasteiger partial charge in [0.05, 0.1) is 16.6 Å². The fraction of sp³-hybridized carbons (Fsp3) is 0.692. The van der Waals surface area contributed by atoms with Crippen LogP contribution in [0.25, 0.3) is 0 Å². The molecule has 1 aromatic heterocycles. The number of carbonyl (C=O) groups is 1. The molecule has 18 heavy (non-hydrogen) atoms. The van der Waals surface area contributed by atoms with Gasteiger partial charge in [0.1, 0.15) is 0 Å². The summed E-state index contributed by atoms with van der Waals surface area (Å²) >= 11 is 1.72. The minimum Gasteiger partial charge on any atom is -0.481 e. The lowest BCUT2D eigenvalue weighted by atomic mass is 9.98. The van der Waals surface area contributed by atoms with Crippen LogP contribution in [0, 0.1) is 5.92 Å². The maximum absolute atomic E-state index is 10.9. The van der Waals surface area contributed by atoms with Crippen molar-refractivity contribution in [1.29, 1.82) is 0 Å². The third-order valence-corrected chi connectivity index (χ3v) is 5.12. The highest BCUT2D eigenvalue weighted by Crippen LogP contribution is 2.48. The van der Waals surface area contributed by atoms with Crippen LogP contribution < -0.4 is 0 Å². The molecule has 0 radical (unpaired) electrons. The van der Waals surface area contributed by atoms with Gasteiger partial charge in [0.25, 0.3) is 0 Å². The first-order chi connectivity index (χ1) is 8.65. The van der Waals surface area contributed by atoms with Crippen molar-refractivity contribution in [3.8, 4) is 0 Å². The first-order valence-corrected chi connectivity index (χ1v) is 7.40. The van der Waals surface area contributed by atoms with E-state index in [9.17, 15) is 4.79 Å². The summed E-state index contributed by atoms with van der Waals surface area (Å²) in [5.74, 6) is -0.0907. The van der Waals surface area contributed by atoms with Gasteiger partial charge in [0.2, 0.25) is 0 Å². The monoisotopic (exact) mass is 266 g/mol. The van der Waals surface area contributed by atoms with Crippen LogP contribution in [0.4, 0.5) is 0 Å². The van der Waals surface area contributed by atoms with E-state index < -0.39 is 5.97 Å². The zero-order chi connectivity index (χ0) is 12.7. The number of hydrogen-bond acceptors (Lipinski definition) is 4. The quantitative estimate of drug-likeness (QED) is 0.910. The molecule has 1 saturated carbocycles. The summed E-state index contributed by atoms with van der Waals surface area (Å²) in [5.41, 5.74) is 1.02. The number of piperidine rings is 1. The Bertz CT molecular complexity index is 452. The lowest BCUT2D eigenvalue weighted by Crippen LogP contribution is -2.29. The summed E-state index contributed by atoms with van der Waals surface area (Å²) in [6.45, 7) is 2.28. The summed E-state index contributed by atoms with van der Waals surface area (Å²) in [5, 5.41) is 12.2. The molecule has 3 rings (SSSR count). The fourth-order valence-electron chi connectivity index (χ4n) is 2.71. The van der Waals surface area contributed by atoms with Crippen molar-refractivity contribution in [1.82, 2.24) is 9.88 Å². The molecule has 0 aromatic carbocycles. The Morgan fingerprint density at radius 2 is 2.22 bits per heavy atom. The highest BCUT2D eigenvalue weighted by Gasteiger charge is 2.45. The summed E-state index contributed by atoms with van der Waals surface area (Å²) in [6, 6.07) is 0. The molecule has 0 spiro atoms. The Balaban J connectivity index is 1.65. The van der Waals surface area contributed by atoms with E-state index in [1.807, 2.05) is 0 Å². The van der Waals surface area contributed by atoms with E-state index in [1.54, 1.807) is 11.3 Å². The van der Waals surface area contributed by atoms with Crippen LogP contribution in [0.3, 0.4) is 0 Å². The highest BCUT2D eigenvalue weighted by atomic mass is 32.1. The van der Waals surface area contributed by atoms with Crippen molar-refractivity contribution in [3.05, 3.63) is 16.1 Å². The summed E-state index contributed by atoms with van der Waals surface area (Å²) in [6.07, 6.45) is 3.12. The molecule has 2 aliphatic rings. The number of carboxylic acid groups (broad SMARTS) is 1. The standard InChI is InChI=1S/C13H18N2O2S/c1-15-4-2-8(3-5-15)12-14-11(7-18-12)9-6-10(9)13(16)17/h7-10H,2-6H2,1H3,(H,16,17). The smallest absolute Gasteiger partial charge is 0.307 e. The van der Waals surface area contributed by atoms with E-state index in [0.29, 0.717) is 5.92 Å². The first kappa shape index (κ1) is 12.1. The van der Waals surface area contributed by atoms with E-state index in [0.717, 1.165) is 25.2 Å². The van der Waals surface area contributed by atoms with Crippen molar-refractivity contribution in [3.63, 3.8) is 0 Å². The minimum absolute atomic E-state index is 0.179. The molecule has 98 valence electrons. The normalized spacial score (nSPS) is 29.4. The Labute approximate surface area is 111 Å². The molecule has 1 saturated heterocycles. The van der Waals surface area contributed by atoms with E-state index in [1.165, 1.54) is 17.8 Å². The minimum atomic E-state index is -0.672. The molecule has 2 atom stereocenters. The number of thiazole rings is 1. The molecule has 1 aromatic rings. The van der Waals surface area contributed by atoms with Gasteiger partial charge in [-0.05, 0) is 39.4 Å². The van der Waals surface area contributed by atoms with Crippen LogP contribution in [-0.2, 0) is 4.79 Å². The van der Waals surface area contributed by atoms with Crippen LogP contribution in [-0.4, -0.2) is 41.1 Å². The molecule has 2 heterocycles. The third-order valence-electron chi connectivity index (χ3n) is 4.10. The van der Waals surface area contributed by atoms with Gasteiger partial charge >= 0.3 is 5.97 Å². The van der Waals surface area contributed by atoms with Crippen molar-refractivity contribution in [2.24, 2.45) is 5.92 Å². The molecule has 1 aliphatic heterocycles. The van der Waals surface area contributed by atoms with Gasteiger partial charge in [-0.15, -0.1) is 11.3 Å². The largest absolute Gasteiger partial charge is 0.481 e. The van der Waals surface area contributed by atoms with Gasteiger partial charge in [0.15, 0.2) is 0 Å². The Hall–Kier alpha value is -0.940. The topological polar surface area (TPSA) is 53.4 Å².